The molecule has 0 radical (unpaired) electrons. The van der Waals surface area contributed by atoms with Crippen LogP contribution >= 0.6 is 0 Å². The summed E-state index contributed by atoms with van der Waals surface area (Å²) in [6.07, 6.45) is 1.38. The van der Waals surface area contributed by atoms with Crippen molar-refractivity contribution in [2.45, 2.75) is 13.0 Å². The Bertz CT molecular complexity index is 236. The zero-order valence-electron chi connectivity index (χ0n) is 7.28. The minimum Gasteiger partial charge on any atom is -0.459 e. The number of ether oxygens (including phenoxy) is 2. The first kappa shape index (κ1) is 9.73. The third kappa shape index (κ3) is 2.55. The summed E-state index contributed by atoms with van der Waals surface area (Å²) in [6, 6.07) is 0. The molecule has 0 aromatic rings. The predicted octanol–water partition coefficient (Wildman–Crippen LogP) is -0.422. The number of cyclic esters (lactones) is 1. The van der Waals surface area contributed by atoms with Crippen molar-refractivity contribution in [2.75, 3.05) is 13.2 Å². The van der Waals surface area contributed by atoms with Crippen molar-refractivity contribution in [1.29, 1.82) is 0 Å². The Morgan fingerprint density at radius 2 is 2.62 bits per heavy atom. The van der Waals surface area contributed by atoms with E-state index in [0.717, 1.165) is 0 Å². The minimum absolute atomic E-state index is 0.152. The standard InChI is InChI=1S/C8H11NO4/c1-2-12-7-4-13-8(11)3-6(7)9-5-10/h3,5,7H,2,4H2,1H3,(H,9,10)/t7-/m1/s1. The van der Waals surface area contributed by atoms with Crippen LogP contribution in [0, 0.1) is 0 Å². The molecule has 0 spiro atoms. The van der Waals surface area contributed by atoms with Crippen molar-refractivity contribution >= 4 is 12.4 Å². The molecule has 1 N–H and O–H groups in total. The van der Waals surface area contributed by atoms with Gasteiger partial charge in [-0.05, 0) is 6.92 Å². The molecule has 1 rings (SSSR count). The first-order valence-electron chi connectivity index (χ1n) is 3.98. The number of carbonyl (C=O) groups is 2. The first-order valence-corrected chi connectivity index (χ1v) is 3.98. The average Bonchev–Trinajstić information content (AvgIpc) is 2.10. The zero-order chi connectivity index (χ0) is 9.68. The Morgan fingerprint density at radius 3 is 3.23 bits per heavy atom. The number of nitrogens with one attached hydrogen (secondary N) is 1. The Labute approximate surface area is 75.7 Å². The Balaban J connectivity index is 2.67. The summed E-state index contributed by atoms with van der Waals surface area (Å²) < 4.78 is 9.95. The number of hydrogen-bond donors (Lipinski definition) is 1. The molecule has 1 amide bonds. The van der Waals surface area contributed by atoms with Gasteiger partial charge >= 0.3 is 5.97 Å². The van der Waals surface area contributed by atoms with Gasteiger partial charge in [-0.2, -0.15) is 0 Å². The summed E-state index contributed by atoms with van der Waals surface area (Å²) in [6.45, 7) is 2.48. The van der Waals surface area contributed by atoms with E-state index in [-0.39, 0.29) is 12.7 Å². The van der Waals surface area contributed by atoms with Crippen molar-refractivity contribution in [3.8, 4) is 0 Å². The number of hydrogen-bond acceptors (Lipinski definition) is 4. The number of esters is 1. The Hall–Kier alpha value is -1.36. The van der Waals surface area contributed by atoms with Gasteiger partial charge in [-0.1, -0.05) is 0 Å². The fourth-order valence-corrected chi connectivity index (χ4v) is 1.05. The van der Waals surface area contributed by atoms with Crippen molar-refractivity contribution in [2.24, 2.45) is 0 Å². The molecule has 0 aromatic heterocycles. The van der Waals surface area contributed by atoms with E-state index in [2.05, 4.69) is 5.32 Å². The van der Waals surface area contributed by atoms with Gasteiger partial charge in [-0.3, -0.25) is 4.79 Å². The minimum atomic E-state index is -0.458. The van der Waals surface area contributed by atoms with Crippen LogP contribution in [0.5, 0.6) is 0 Å². The molecular formula is C8H11NO4. The van der Waals surface area contributed by atoms with Gasteiger partial charge in [0.2, 0.25) is 6.41 Å². The van der Waals surface area contributed by atoms with Crippen molar-refractivity contribution in [1.82, 2.24) is 5.32 Å². The van der Waals surface area contributed by atoms with Crippen LogP contribution in [-0.4, -0.2) is 31.7 Å². The van der Waals surface area contributed by atoms with Crippen LogP contribution in [-0.2, 0) is 19.1 Å². The van der Waals surface area contributed by atoms with Gasteiger partial charge in [0.05, 0.1) is 5.70 Å². The summed E-state index contributed by atoms with van der Waals surface area (Å²) in [5.74, 6) is -0.458. The molecule has 0 aromatic carbocycles. The molecule has 0 fully saturated rings. The molecule has 5 nitrogen and oxygen atoms in total. The average molecular weight is 185 g/mol. The molecule has 0 saturated carbocycles. The first-order chi connectivity index (χ1) is 6.27. The third-order valence-corrected chi connectivity index (χ3v) is 1.59. The molecule has 0 saturated heterocycles. The summed E-state index contributed by atoms with van der Waals surface area (Å²) in [7, 11) is 0. The van der Waals surface area contributed by atoms with Gasteiger partial charge < -0.3 is 14.8 Å². The van der Waals surface area contributed by atoms with Crippen LogP contribution in [0.15, 0.2) is 11.8 Å². The highest BCUT2D eigenvalue weighted by atomic mass is 16.6. The quantitative estimate of drug-likeness (QED) is 0.477. The van der Waals surface area contributed by atoms with Crippen LogP contribution in [0.25, 0.3) is 0 Å². The van der Waals surface area contributed by atoms with Crippen LogP contribution in [0.3, 0.4) is 0 Å². The highest BCUT2D eigenvalue weighted by Gasteiger charge is 2.22. The van der Waals surface area contributed by atoms with E-state index in [0.29, 0.717) is 18.7 Å². The Kier molecular flexibility index (Phi) is 3.45. The van der Waals surface area contributed by atoms with Gasteiger partial charge in [0.15, 0.2) is 0 Å². The second kappa shape index (κ2) is 4.61. The lowest BCUT2D eigenvalue weighted by Gasteiger charge is -2.22. The molecule has 1 heterocycles. The molecule has 72 valence electrons. The molecule has 1 aliphatic rings. The maximum atomic E-state index is 10.8. The summed E-state index contributed by atoms with van der Waals surface area (Å²) in [5.41, 5.74) is 0.452. The van der Waals surface area contributed by atoms with E-state index in [1.165, 1.54) is 6.08 Å². The highest BCUT2D eigenvalue weighted by Crippen LogP contribution is 2.10. The summed E-state index contributed by atoms with van der Waals surface area (Å²) >= 11 is 0. The number of carbonyl (C=O) groups excluding carboxylic acids is 2. The molecule has 0 unspecified atom stereocenters. The van der Waals surface area contributed by atoms with Gasteiger partial charge in [0.25, 0.3) is 0 Å². The lowest BCUT2D eigenvalue weighted by molar-refractivity contribution is -0.143. The summed E-state index contributed by atoms with van der Waals surface area (Å²) in [5, 5.41) is 2.40. The van der Waals surface area contributed by atoms with Crippen molar-refractivity contribution < 1.29 is 19.1 Å². The van der Waals surface area contributed by atoms with E-state index >= 15 is 0 Å². The predicted molar refractivity (Wildman–Crippen MR) is 43.7 cm³/mol. The topological polar surface area (TPSA) is 64.6 Å². The molecule has 5 heteroatoms. The zero-order valence-corrected chi connectivity index (χ0v) is 7.28. The van der Waals surface area contributed by atoms with E-state index in [9.17, 15) is 9.59 Å². The normalized spacial score (nSPS) is 21.8. The van der Waals surface area contributed by atoms with Gasteiger partial charge in [-0.15, -0.1) is 0 Å². The second-order valence-corrected chi connectivity index (χ2v) is 2.44. The highest BCUT2D eigenvalue weighted by molar-refractivity contribution is 5.84. The van der Waals surface area contributed by atoms with E-state index in [1.807, 2.05) is 6.92 Å². The molecule has 1 aliphatic heterocycles. The SMILES string of the molecule is CCO[C@@H]1COC(=O)C=C1NC=O. The van der Waals surface area contributed by atoms with E-state index in [4.69, 9.17) is 9.47 Å². The largest absolute Gasteiger partial charge is 0.459 e. The molecule has 0 aliphatic carbocycles. The number of amides is 1. The monoisotopic (exact) mass is 185 g/mol. The maximum Gasteiger partial charge on any atom is 0.332 e. The number of rotatable bonds is 4. The van der Waals surface area contributed by atoms with E-state index in [1.54, 1.807) is 0 Å². The van der Waals surface area contributed by atoms with Crippen LogP contribution < -0.4 is 5.32 Å². The second-order valence-electron chi connectivity index (χ2n) is 2.44. The van der Waals surface area contributed by atoms with Crippen molar-refractivity contribution in [3.63, 3.8) is 0 Å². The molecule has 0 bridgehead atoms. The van der Waals surface area contributed by atoms with Gasteiger partial charge in [0, 0.05) is 12.7 Å². The lowest BCUT2D eigenvalue weighted by atomic mass is 10.2. The van der Waals surface area contributed by atoms with Crippen LogP contribution in [0.1, 0.15) is 6.92 Å². The maximum absolute atomic E-state index is 10.8. The van der Waals surface area contributed by atoms with Gasteiger partial charge in [-0.25, -0.2) is 4.79 Å². The van der Waals surface area contributed by atoms with Crippen molar-refractivity contribution in [3.05, 3.63) is 11.8 Å². The van der Waals surface area contributed by atoms with Gasteiger partial charge in [0.1, 0.15) is 12.7 Å². The van der Waals surface area contributed by atoms with Crippen LogP contribution in [0.4, 0.5) is 0 Å². The Morgan fingerprint density at radius 1 is 1.85 bits per heavy atom. The third-order valence-electron chi connectivity index (χ3n) is 1.59. The molecule has 13 heavy (non-hydrogen) atoms. The fraction of sp³-hybridized carbons (Fsp3) is 0.500. The smallest absolute Gasteiger partial charge is 0.332 e. The summed E-state index contributed by atoms with van der Waals surface area (Å²) in [4.78, 5) is 21.0. The van der Waals surface area contributed by atoms with E-state index < -0.39 is 5.97 Å². The fourth-order valence-electron chi connectivity index (χ4n) is 1.05. The molecular weight excluding hydrogens is 174 g/mol. The van der Waals surface area contributed by atoms with Crippen LogP contribution in [0.2, 0.25) is 0 Å². The lowest BCUT2D eigenvalue weighted by Crippen LogP contribution is -2.35. The molecule has 1 atom stereocenters.